The molecule has 0 N–H and O–H groups in total. The van der Waals surface area contributed by atoms with Gasteiger partial charge in [0, 0.05) is 0 Å². The van der Waals surface area contributed by atoms with Crippen molar-refractivity contribution in [3.8, 4) is 0 Å². The van der Waals surface area contributed by atoms with Crippen LogP contribution in [0.2, 0.25) is 0 Å². The maximum Gasteiger partial charge on any atom is -0.0326 e. The van der Waals surface area contributed by atoms with Gasteiger partial charge in [-0.05, 0) is 54.8 Å². The Bertz CT molecular complexity index is 208. The number of hydrogen-bond donors (Lipinski definition) is 0. The molecule has 3 atom stereocenters. The maximum atomic E-state index is 2.48. The molecule has 2 aliphatic rings. The van der Waals surface area contributed by atoms with Crippen LogP contribution in [0.25, 0.3) is 0 Å². The molecule has 88 valence electrons. The molecule has 0 aromatic heterocycles. The summed E-state index contributed by atoms with van der Waals surface area (Å²) in [6.45, 7) is 9.81. The standard InChI is InChI=1S/C15H28/c1-11-12(2)14(11)9-5-7-13-8-6-10-15(13,3)4/h11-14H,5-10H2,1-4H3. The first-order valence-electron chi connectivity index (χ1n) is 7.02. The highest BCUT2D eigenvalue weighted by Crippen LogP contribution is 2.50. The third-order valence-corrected chi connectivity index (χ3v) is 5.61. The minimum atomic E-state index is 0.654. The fourth-order valence-corrected chi connectivity index (χ4v) is 3.83. The summed E-state index contributed by atoms with van der Waals surface area (Å²) in [4.78, 5) is 0. The highest BCUT2D eigenvalue weighted by atomic mass is 14.5. The first-order valence-corrected chi connectivity index (χ1v) is 7.02. The zero-order chi connectivity index (χ0) is 11.1. The van der Waals surface area contributed by atoms with Crippen molar-refractivity contribution in [2.24, 2.45) is 29.1 Å². The van der Waals surface area contributed by atoms with E-state index in [9.17, 15) is 0 Å². The van der Waals surface area contributed by atoms with E-state index in [-0.39, 0.29) is 0 Å². The summed E-state index contributed by atoms with van der Waals surface area (Å²) in [7, 11) is 0. The minimum absolute atomic E-state index is 0.654. The van der Waals surface area contributed by atoms with E-state index >= 15 is 0 Å². The lowest BCUT2D eigenvalue weighted by atomic mass is 9.79. The number of hydrogen-bond acceptors (Lipinski definition) is 0. The zero-order valence-electron chi connectivity index (χ0n) is 11.1. The number of rotatable bonds is 4. The summed E-state index contributed by atoms with van der Waals surface area (Å²) in [5.41, 5.74) is 0.654. The molecule has 0 spiro atoms. The second kappa shape index (κ2) is 4.11. The van der Waals surface area contributed by atoms with Crippen LogP contribution in [0.4, 0.5) is 0 Å². The molecule has 0 radical (unpaired) electrons. The van der Waals surface area contributed by atoms with Gasteiger partial charge >= 0.3 is 0 Å². The molecule has 0 aromatic rings. The Kier molecular flexibility index (Phi) is 3.14. The molecule has 2 aliphatic carbocycles. The van der Waals surface area contributed by atoms with Gasteiger partial charge in [0.2, 0.25) is 0 Å². The van der Waals surface area contributed by atoms with E-state index < -0.39 is 0 Å². The van der Waals surface area contributed by atoms with E-state index in [0.717, 1.165) is 23.7 Å². The van der Waals surface area contributed by atoms with Gasteiger partial charge in [0.15, 0.2) is 0 Å². The molecule has 0 nitrogen and oxygen atoms in total. The van der Waals surface area contributed by atoms with Crippen LogP contribution in [0, 0.1) is 29.1 Å². The Hall–Kier alpha value is 0. The average molecular weight is 208 g/mol. The molecule has 0 saturated heterocycles. The fourth-order valence-electron chi connectivity index (χ4n) is 3.83. The van der Waals surface area contributed by atoms with Gasteiger partial charge in [-0.15, -0.1) is 0 Å². The van der Waals surface area contributed by atoms with Crippen LogP contribution >= 0.6 is 0 Å². The van der Waals surface area contributed by atoms with Crippen molar-refractivity contribution in [2.75, 3.05) is 0 Å². The van der Waals surface area contributed by atoms with Crippen molar-refractivity contribution in [3.05, 3.63) is 0 Å². The molecule has 0 bridgehead atoms. The van der Waals surface area contributed by atoms with Crippen LogP contribution in [0.3, 0.4) is 0 Å². The second-order valence-corrected chi connectivity index (χ2v) is 6.89. The largest absolute Gasteiger partial charge is 0.0620 e. The predicted octanol–water partition coefficient (Wildman–Crippen LogP) is 4.89. The highest BCUT2D eigenvalue weighted by Gasteiger charge is 2.42. The molecular formula is C15H28. The Morgan fingerprint density at radius 3 is 2.20 bits per heavy atom. The van der Waals surface area contributed by atoms with Crippen molar-refractivity contribution >= 4 is 0 Å². The van der Waals surface area contributed by atoms with Crippen LogP contribution in [0.5, 0.6) is 0 Å². The van der Waals surface area contributed by atoms with E-state index in [2.05, 4.69) is 27.7 Å². The van der Waals surface area contributed by atoms with Crippen LogP contribution in [-0.2, 0) is 0 Å². The van der Waals surface area contributed by atoms with E-state index in [1.165, 1.54) is 38.5 Å². The van der Waals surface area contributed by atoms with Gasteiger partial charge in [-0.3, -0.25) is 0 Å². The highest BCUT2D eigenvalue weighted by molar-refractivity contribution is 4.91. The van der Waals surface area contributed by atoms with Gasteiger partial charge in [-0.2, -0.15) is 0 Å². The monoisotopic (exact) mass is 208 g/mol. The van der Waals surface area contributed by atoms with E-state index in [1.807, 2.05) is 0 Å². The SMILES string of the molecule is CC1C(C)C1CCCC1CCCC1(C)C. The maximum absolute atomic E-state index is 2.48. The topological polar surface area (TPSA) is 0 Å². The minimum Gasteiger partial charge on any atom is -0.0620 e. The Morgan fingerprint density at radius 2 is 1.73 bits per heavy atom. The van der Waals surface area contributed by atoms with Crippen molar-refractivity contribution in [3.63, 3.8) is 0 Å². The van der Waals surface area contributed by atoms with E-state index in [4.69, 9.17) is 0 Å². The average Bonchev–Trinajstić information content (AvgIpc) is 2.58. The van der Waals surface area contributed by atoms with Crippen molar-refractivity contribution in [1.29, 1.82) is 0 Å². The second-order valence-electron chi connectivity index (χ2n) is 6.89. The summed E-state index contributed by atoms with van der Waals surface area (Å²) in [5.74, 6) is 4.17. The molecule has 0 aliphatic heterocycles. The molecule has 15 heavy (non-hydrogen) atoms. The summed E-state index contributed by atoms with van der Waals surface area (Å²) in [5, 5.41) is 0. The third-order valence-electron chi connectivity index (χ3n) is 5.61. The van der Waals surface area contributed by atoms with Gasteiger partial charge in [0.25, 0.3) is 0 Å². The fraction of sp³-hybridized carbons (Fsp3) is 1.00. The first-order chi connectivity index (χ1) is 7.02. The van der Waals surface area contributed by atoms with Crippen molar-refractivity contribution < 1.29 is 0 Å². The molecule has 0 heteroatoms. The van der Waals surface area contributed by atoms with E-state index in [0.29, 0.717) is 5.41 Å². The van der Waals surface area contributed by atoms with Crippen LogP contribution in [0.15, 0.2) is 0 Å². The van der Waals surface area contributed by atoms with Gasteiger partial charge in [0.1, 0.15) is 0 Å². The molecule has 3 unspecified atom stereocenters. The Balaban J connectivity index is 1.66. The lowest BCUT2D eigenvalue weighted by Crippen LogP contribution is -2.17. The lowest BCUT2D eigenvalue weighted by molar-refractivity contribution is 0.238. The van der Waals surface area contributed by atoms with Gasteiger partial charge in [0.05, 0.1) is 0 Å². The quantitative estimate of drug-likeness (QED) is 0.617. The summed E-state index contributed by atoms with van der Waals surface area (Å²) in [6.07, 6.45) is 8.95. The molecule has 2 rings (SSSR count). The molecule has 0 heterocycles. The normalized spacial score (nSPS) is 43.2. The summed E-state index contributed by atoms with van der Waals surface area (Å²) < 4.78 is 0. The summed E-state index contributed by atoms with van der Waals surface area (Å²) >= 11 is 0. The van der Waals surface area contributed by atoms with Crippen LogP contribution in [0.1, 0.15) is 66.2 Å². The van der Waals surface area contributed by atoms with Crippen LogP contribution in [-0.4, -0.2) is 0 Å². The molecule has 0 amide bonds. The zero-order valence-corrected chi connectivity index (χ0v) is 11.1. The lowest BCUT2D eigenvalue weighted by Gasteiger charge is -2.26. The molecule has 2 saturated carbocycles. The van der Waals surface area contributed by atoms with E-state index in [1.54, 1.807) is 0 Å². The van der Waals surface area contributed by atoms with Gasteiger partial charge in [-0.25, -0.2) is 0 Å². The molecular weight excluding hydrogens is 180 g/mol. The first kappa shape index (κ1) is 11.5. The van der Waals surface area contributed by atoms with Gasteiger partial charge in [-0.1, -0.05) is 40.5 Å². The Morgan fingerprint density at radius 1 is 1.07 bits per heavy atom. The van der Waals surface area contributed by atoms with Gasteiger partial charge < -0.3 is 0 Å². The smallest absolute Gasteiger partial charge is 0.0326 e. The van der Waals surface area contributed by atoms with Crippen molar-refractivity contribution in [2.45, 2.75) is 66.2 Å². The summed E-state index contributed by atoms with van der Waals surface area (Å²) in [6, 6.07) is 0. The molecule has 2 fully saturated rings. The molecule has 0 aromatic carbocycles. The third kappa shape index (κ3) is 2.40. The van der Waals surface area contributed by atoms with Crippen molar-refractivity contribution in [1.82, 2.24) is 0 Å². The van der Waals surface area contributed by atoms with Crippen LogP contribution < -0.4 is 0 Å². The predicted molar refractivity (Wildman–Crippen MR) is 66.8 cm³/mol. The Labute approximate surface area is 95.8 Å².